The number of H-pyrrole nitrogens is 1. The number of imidazole rings is 1. The summed E-state index contributed by atoms with van der Waals surface area (Å²) in [6.07, 6.45) is 3.89. The molecule has 5 aromatic rings. The van der Waals surface area contributed by atoms with Crippen molar-refractivity contribution >= 4 is 32.9 Å². The van der Waals surface area contributed by atoms with E-state index in [2.05, 4.69) is 48.5 Å². The number of fused-ring (bicyclic) bond motifs is 1. The predicted molar refractivity (Wildman–Crippen MR) is 139 cm³/mol. The number of halogens is 1. The minimum absolute atomic E-state index is 0.239. The van der Waals surface area contributed by atoms with Gasteiger partial charge >= 0.3 is 5.97 Å². The Hall–Kier alpha value is -3.79. The van der Waals surface area contributed by atoms with Crippen LogP contribution in [0.4, 0.5) is 0 Å². The Morgan fingerprint density at radius 2 is 1.97 bits per heavy atom. The number of carbonyl (C=O) groups is 1. The van der Waals surface area contributed by atoms with Crippen LogP contribution < -0.4 is 0 Å². The van der Waals surface area contributed by atoms with Crippen LogP contribution in [0.25, 0.3) is 33.7 Å². The van der Waals surface area contributed by atoms with Crippen molar-refractivity contribution in [2.75, 3.05) is 0 Å². The molecule has 0 aliphatic carbocycles. The second-order valence-electron chi connectivity index (χ2n) is 8.67. The zero-order chi connectivity index (χ0) is 25.2. The minimum Gasteiger partial charge on any atom is -0.477 e. The van der Waals surface area contributed by atoms with Gasteiger partial charge in [0, 0.05) is 29.5 Å². The number of aromatic carboxylic acids is 1. The number of aromatic nitrogens is 6. The molecule has 2 N–H and O–H groups in total. The van der Waals surface area contributed by atoms with E-state index in [1.807, 2.05) is 47.0 Å². The number of hydrogen-bond donors (Lipinski definition) is 2. The van der Waals surface area contributed by atoms with Crippen LogP contribution in [0, 0.1) is 6.92 Å². The Morgan fingerprint density at radius 3 is 2.69 bits per heavy atom. The molecule has 0 fully saturated rings. The van der Waals surface area contributed by atoms with Crippen LogP contribution in [0.3, 0.4) is 0 Å². The third kappa shape index (κ3) is 4.44. The zero-order valence-electron chi connectivity index (χ0n) is 20.0. The largest absolute Gasteiger partial charge is 0.477 e. The van der Waals surface area contributed by atoms with Gasteiger partial charge in [-0.25, -0.2) is 9.78 Å². The van der Waals surface area contributed by atoms with E-state index in [-0.39, 0.29) is 5.69 Å². The lowest BCUT2D eigenvalue weighted by Gasteiger charge is -2.11. The highest BCUT2D eigenvalue weighted by atomic mass is 79.9. The number of hydrogen-bond acceptors (Lipinski definition) is 6. The third-order valence-corrected chi connectivity index (χ3v) is 7.01. The SMILES string of the molecule is CCCCCc1nc(C)c(C(=O)O)n1Cc1ccc2oc(-c3ccccc3-c3nn[nH]n3)c(Br)c2c1. The number of carboxylic acids is 1. The minimum atomic E-state index is -0.965. The Balaban J connectivity index is 1.54. The van der Waals surface area contributed by atoms with Crippen LogP contribution in [0.1, 0.15) is 53.8 Å². The number of tetrazole rings is 1. The number of carboxylic acid groups (broad SMARTS) is 1. The van der Waals surface area contributed by atoms with Crippen molar-refractivity contribution in [1.29, 1.82) is 0 Å². The standard InChI is InChI=1S/C26H25BrN6O3/c1-3-4-5-10-21-28-15(2)23(26(34)35)33(21)14-16-11-12-20-19(13-16)22(27)24(36-20)17-8-6-7-9-18(17)25-29-31-32-30-25/h6-9,11-13H,3-5,10,14H2,1-2H3,(H,34,35)(H,29,30,31,32). The molecule has 0 unspecified atom stereocenters. The Kier molecular flexibility index (Phi) is 6.69. The van der Waals surface area contributed by atoms with Crippen LogP contribution in [0.15, 0.2) is 51.4 Å². The van der Waals surface area contributed by atoms with E-state index >= 15 is 0 Å². The topological polar surface area (TPSA) is 123 Å². The number of rotatable bonds is 9. The average molecular weight is 549 g/mol. The van der Waals surface area contributed by atoms with Gasteiger partial charge in [0.1, 0.15) is 17.2 Å². The molecule has 2 aromatic carbocycles. The molecule has 0 saturated heterocycles. The molecule has 3 heterocycles. The molecule has 0 atom stereocenters. The summed E-state index contributed by atoms with van der Waals surface area (Å²) in [6.45, 7) is 4.31. The first-order valence-electron chi connectivity index (χ1n) is 11.8. The first kappa shape index (κ1) is 23.9. The second-order valence-corrected chi connectivity index (χ2v) is 9.46. The lowest BCUT2D eigenvalue weighted by atomic mass is 10.0. The van der Waals surface area contributed by atoms with E-state index in [1.165, 1.54) is 0 Å². The molecule has 0 amide bonds. The second kappa shape index (κ2) is 10.1. The predicted octanol–water partition coefficient (Wildman–Crippen LogP) is 6.03. The third-order valence-electron chi connectivity index (χ3n) is 6.22. The molecule has 5 rings (SSSR count). The molecule has 0 spiro atoms. The first-order valence-corrected chi connectivity index (χ1v) is 12.6. The van der Waals surface area contributed by atoms with Crippen molar-refractivity contribution < 1.29 is 14.3 Å². The lowest BCUT2D eigenvalue weighted by Crippen LogP contribution is -2.13. The fourth-order valence-corrected chi connectivity index (χ4v) is 5.12. The maximum atomic E-state index is 12.0. The molecule has 36 heavy (non-hydrogen) atoms. The number of unbranched alkanes of at least 4 members (excludes halogenated alkanes) is 2. The van der Waals surface area contributed by atoms with Gasteiger partial charge in [-0.3, -0.25) is 0 Å². The highest BCUT2D eigenvalue weighted by Gasteiger charge is 2.22. The van der Waals surface area contributed by atoms with Gasteiger partial charge in [-0.05, 0) is 52.2 Å². The van der Waals surface area contributed by atoms with Crippen molar-refractivity contribution in [3.8, 4) is 22.7 Å². The van der Waals surface area contributed by atoms with Crippen LogP contribution >= 0.6 is 15.9 Å². The quantitative estimate of drug-likeness (QED) is 0.215. The van der Waals surface area contributed by atoms with Crippen molar-refractivity contribution in [1.82, 2.24) is 30.2 Å². The molecule has 3 aromatic heterocycles. The van der Waals surface area contributed by atoms with E-state index < -0.39 is 5.97 Å². The zero-order valence-corrected chi connectivity index (χ0v) is 21.5. The van der Waals surface area contributed by atoms with E-state index in [0.717, 1.165) is 58.1 Å². The van der Waals surface area contributed by atoms with Crippen LogP contribution in [-0.2, 0) is 13.0 Å². The van der Waals surface area contributed by atoms with Crippen molar-refractivity contribution in [2.24, 2.45) is 0 Å². The Bertz CT molecular complexity index is 1540. The summed E-state index contributed by atoms with van der Waals surface area (Å²) in [4.78, 5) is 16.6. The summed E-state index contributed by atoms with van der Waals surface area (Å²) < 4.78 is 8.87. The first-order chi connectivity index (χ1) is 17.5. The summed E-state index contributed by atoms with van der Waals surface area (Å²) in [5.74, 6) is 0.977. The molecule has 0 radical (unpaired) electrons. The van der Waals surface area contributed by atoms with Crippen molar-refractivity contribution in [2.45, 2.75) is 46.1 Å². The average Bonchev–Trinajstić information content (AvgIpc) is 3.58. The maximum Gasteiger partial charge on any atom is 0.354 e. The van der Waals surface area contributed by atoms with Crippen LogP contribution in [0.5, 0.6) is 0 Å². The normalized spacial score (nSPS) is 11.4. The molecule has 184 valence electrons. The summed E-state index contributed by atoms with van der Waals surface area (Å²) in [7, 11) is 0. The Morgan fingerprint density at radius 1 is 1.17 bits per heavy atom. The number of benzene rings is 2. The molecule has 0 bridgehead atoms. The maximum absolute atomic E-state index is 12.0. The fourth-order valence-electron chi connectivity index (χ4n) is 4.52. The number of furan rings is 1. The number of nitrogens with zero attached hydrogens (tertiary/aromatic N) is 5. The number of nitrogens with one attached hydrogen (secondary N) is 1. The molecular weight excluding hydrogens is 524 g/mol. The van der Waals surface area contributed by atoms with Crippen molar-refractivity contribution in [3.05, 3.63) is 69.7 Å². The van der Waals surface area contributed by atoms with Gasteiger partial charge in [0.2, 0.25) is 5.82 Å². The van der Waals surface area contributed by atoms with Gasteiger partial charge in [-0.15, -0.1) is 10.2 Å². The summed E-state index contributed by atoms with van der Waals surface area (Å²) in [5.41, 5.74) is 4.08. The monoisotopic (exact) mass is 548 g/mol. The lowest BCUT2D eigenvalue weighted by molar-refractivity contribution is 0.0684. The van der Waals surface area contributed by atoms with E-state index in [0.29, 0.717) is 29.4 Å². The highest BCUT2D eigenvalue weighted by Crippen LogP contribution is 2.41. The molecular formula is C26H25BrN6O3. The number of aromatic amines is 1. The highest BCUT2D eigenvalue weighted by molar-refractivity contribution is 9.10. The summed E-state index contributed by atoms with van der Waals surface area (Å²) in [5, 5.41) is 25.2. The Labute approximate surface area is 215 Å². The summed E-state index contributed by atoms with van der Waals surface area (Å²) >= 11 is 3.73. The van der Waals surface area contributed by atoms with Gasteiger partial charge in [0.25, 0.3) is 0 Å². The molecule has 0 saturated carbocycles. The summed E-state index contributed by atoms with van der Waals surface area (Å²) in [6, 6.07) is 13.6. The van der Waals surface area contributed by atoms with Gasteiger partial charge in [-0.1, -0.05) is 50.1 Å². The molecule has 9 nitrogen and oxygen atoms in total. The van der Waals surface area contributed by atoms with Gasteiger partial charge in [0.05, 0.1) is 10.2 Å². The number of aryl methyl sites for hydroxylation is 2. The molecule has 0 aliphatic heterocycles. The van der Waals surface area contributed by atoms with Gasteiger partial charge in [-0.2, -0.15) is 5.21 Å². The van der Waals surface area contributed by atoms with E-state index in [4.69, 9.17) is 4.42 Å². The van der Waals surface area contributed by atoms with E-state index in [9.17, 15) is 9.90 Å². The molecule has 0 aliphatic rings. The van der Waals surface area contributed by atoms with Crippen LogP contribution in [-0.4, -0.2) is 41.3 Å². The molecule has 10 heteroatoms. The smallest absolute Gasteiger partial charge is 0.354 e. The van der Waals surface area contributed by atoms with Gasteiger partial charge < -0.3 is 14.1 Å². The van der Waals surface area contributed by atoms with E-state index in [1.54, 1.807) is 6.92 Å². The van der Waals surface area contributed by atoms with Gasteiger partial charge in [0.15, 0.2) is 5.69 Å². The fraction of sp³-hybridized carbons (Fsp3) is 0.269. The van der Waals surface area contributed by atoms with Crippen LogP contribution in [0.2, 0.25) is 0 Å². The van der Waals surface area contributed by atoms with Crippen molar-refractivity contribution in [3.63, 3.8) is 0 Å².